The summed E-state index contributed by atoms with van der Waals surface area (Å²) in [5, 5.41) is 0. The fourth-order valence-corrected chi connectivity index (χ4v) is 2.59. The Hall–Kier alpha value is -1.84. The van der Waals surface area contributed by atoms with Gasteiger partial charge in [0.1, 0.15) is 5.82 Å². The molecular formula is C17H24N2O2. The van der Waals surface area contributed by atoms with Crippen LogP contribution in [0.1, 0.15) is 45.4 Å². The number of esters is 1. The van der Waals surface area contributed by atoms with Crippen LogP contribution in [0.2, 0.25) is 0 Å². The maximum atomic E-state index is 11.3. The Morgan fingerprint density at radius 3 is 2.76 bits per heavy atom. The lowest BCUT2D eigenvalue weighted by atomic mass is 10.2. The van der Waals surface area contributed by atoms with E-state index in [1.165, 1.54) is 5.52 Å². The molecule has 0 amide bonds. The summed E-state index contributed by atoms with van der Waals surface area (Å²) in [5.74, 6) is 1.06. The lowest BCUT2D eigenvalue weighted by Gasteiger charge is -2.08. The van der Waals surface area contributed by atoms with Gasteiger partial charge in [-0.3, -0.25) is 4.79 Å². The number of hydrogen-bond donors (Lipinski definition) is 0. The molecule has 1 aromatic heterocycles. The predicted octanol–water partition coefficient (Wildman–Crippen LogP) is 3.72. The third-order valence-electron chi connectivity index (χ3n) is 3.62. The molecule has 4 nitrogen and oxygen atoms in total. The quantitative estimate of drug-likeness (QED) is 0.549. The highest BCUT2D eigenvalue weighted by Gasteiger charge is 2.08. The van der Waals surface area contributed by atoms with Crippen molar-refractivity contribution in [2.45, 2.75) is 52.5 Å². The number of imidazole rings is 1. The first-order valence-electron chi connectivity index (χ1n) is 7.86. The number of aromatic nitrogens is 2. The van der Waals surface area contributed by atoms with Crippen molar-refractivity contribution in [2.75, 3.05) is 6.61 Å². The summed E-state index contributed by atoms with van der Waals surface area (Å²) in [7, 11) is 0. The predicted molar refractivity (Wildman–Crippen MR) is 84.2 cm³/mol. The summed E-state index contributed by atoms with van der Waals surface area (Å²) in [4.78, 5) is 15.9. The smallest absolute Gasteiger partial charge is 0.305 e. The van der Waals surface area contributed by atoms with Gasteiger partial charge in [-0.2, -0.15) is 0 Å². The summed E-state index contributed by atoms with van der Waals surface area (Å²) < 4.78 is 7.24. The maximum Gasteiger partial charge on any atom is 0.305 e. The van der Waals surface area contributed by atoms with E-state index in [-0.39, 0.29) is 5.97 Å². The number of carbonyl (C=O) groups is 1. The highest BCUT2D eigenvalue weighted by molar-refractivity contribution is 5.75. The number of fused-ring (bicyclic) bond motifs is 1. The molecule has 0 aliphatic carbocycles. The van der Waals surface area contributed by atoms with Crippen LogP contribution in [0.4, 0.5) is 0 Å². The number of nitrogens with zero attached hydrogens (tertiary/aromatic N) is 2. The first kappa shape index (κ1) is 15.5. The van der Waals surface area contributed by atoms with Crippen molar-refractivity contribution in [2.24, 2.45) is 0 Å². The van der Waals surface area contributed by atoms with Crippen molar-refractivity contribution >= 4 is 17.0 Å². The lowest BCUT2D eigenvalue weighted by molar-refractivity contribution is -0.143. The fourth-order valence-electron chi connectivity index (χ4n) is 2.59. The van der Waals surface area contributed by atoms with Gasteiger partial charge in [-0.05, 0) is 31.9 Å². The number of benzene rings is 1. The minimum atomic E-state index is -0.0835. The molecule has 0 fully saturated rings. The van der Waals surface area contributed by atoms with Gasteiger partial charge in [0.25, 0.3) is 0 Å². The van der Waals surface area contributed by atoms with Gasteiger partial charge in [0.05, 0.1) is 17.6 Å². The van der Waals surface area contributed by atoms with Gasteiger partial charge >= 0.3 is 5.97 Å². The molecular weight excluding hydrogens is 264 g/mol. The zero-order valence-corrected chi connectivity index (χ0v) is 13.0. The maximum absolute atomic E-state index is 11.3. The first-order chi connectivity index (χ1) is 10.3. The molecule has 0 radical (unpaired) electrons. The molecule has 1 aromatic carbocycles. The van der Waals surface area contributed by atoms with Gasteiger partial charge in [0.15, 0.2) is 0 Å². The van der Waals surface area contributed by atoms with Gasteiger partial charge in [-0.15, -0.1) is 0 Å². The van der Waals surface area contributed by atoms with Gasteiger partial charge < -0.3 is 9.30 Å². The molecule has 0 saturated heterocycles. The molecule has 114 valence electrons. The second kappa shape index (κ2) is 7.81. The summed E-state index contributed by atoms with van der Waals surface area (Å²) in [6.07, 6.45) is 4.46. The zero-order valence-electron chi connectivity index (χ0n) is 13.0. The van der Waals surface area contributed by atoms with Crippen LogP contribution in [0.25, 0.3) is 11.0 Å². The van der Waals surface area contributed by atoms with Crippen LogP contribution in [0.3, 0.4) is 0 Å². The zero-order chi connectivity index (χ0) is 15.1. The van der Waals surface area contributed by atoms with Crippen LogP contribution in [-0.4, -0.2) is 22.1 Å². The van der Waals surface area contributed by atoms with Crippen molar-refractivity contribution in [3.05, 3.63) is 30.1 Å². The van der Waals surface area contributed by atoms with Crippen molar-refractivity contribution in [3.63, 3.8) is 0 Å². The normalized spacial score (nSPS) is 11.0. The molecule has 2 rings (SSSR count). The molecule has 0 unspecified atom stereocenters. The summed E-state index contributed by atoms with van der Waals surface area (Å²) in [6, 6.07) is 8.27. The summed E-state index contributed by atoms with van der Waals surface area (Å²) in [6.45, 7) is 5.42. The van der Waals surface area contributed by atoms with Crippen LogP contribution in [0.15, 0.2) is 24.3 Å². The molecule has 0 atom stereocenters. The average molecular weight is 288 g/mol. The van der Waals surface area contributed by atoms with E-state index in [0.29, 0.717) is 13.0 Å². The van der Waals surface area contributed by atoms with E-state index in [4.69, 9.17) is 4.74 Å². The second-order valence-electron chi connectivity index (χ2n) is 5.14. The summed E-state index contributed by atoms with van der Waals surface area (Å²) >= 11 is 0. The van der Waals surface area contributed by atoms with Gasteiger partial charge in [-0.25, -0.2) is 4.98 Å². The summed E-state index contributed by atoms with van der Waals surface area (Å²) in [5.41, 5.74) is 2.28. The van der Waals surface area contributed by atoms with E-state index in [9.17, 15) is 4.79 Å². The highest BCUT2D eigenvalue weighted by Crippen LogP contribution is 2.17. The van der Waals surface area contributed by atoms with Crippen molar-refractivity contribution in [1.82, 2.24) is 9.55 Å². The van der Waals surface area contributed by atoms with Crippen LogP contribution in [0, 0.1) is 0 Å². The van der Waals surface area contributed by atoms with E-state index in [0.717, 1.165) is 43.6 Å². The lowest BCUT2D eigenvalue weighted by Crippen LogP contribution is -2.05. The number of rotatable bonds is 8. The number of ether oxygens (including phenoxy) is 1. The molecule has 0 N–H and O–H groups in total. The van der Waals surface area contributed by atoms with E-state index in [2.05, 4.69) is 34.7 Å². The third-order valence-corrected chi connectivity index (χ3v) is 3.62. The number of unbranched alkanes of at least 4 members (excludes halogenated alkanes) is 2. The standard InChI is InChI=1S/C17H24N2O2/c1-3-16-18-14-10-7-8-11-15(14)19(16)13-9-5-6-12-17(20)21-4-2/h7-8,10-11H,3-6,9,12-13H2,1-2H3. The molecule has 2 aromatic rings. The van der Waals surface area contributed by atoms with Crippen molar-refractivity contribution < 1.29 is 9.53 Å². The average Bonchev–Trinajstić information content (AvgIpc) is 2.85. The van der Waals surface area contributed by atoms with E-state index in [1.54, 1.807) is 0 Å². The first-order valence-corrected chi connectivity index (χ1v) is 7.86. The fraction of sp³-hybridized carbons (Fsp3) is 0.529. The Labute approximate surface area is 126 Å². The molecule has 0 aliphatic heterocycles. The molecule has 0 spiro atoms. The minimum absolute atomic E-state index is 0.0835. The van der Waals surface area contributed by atoms with Crippen LogP contribution < -0.4 is 0 Å². The van der Waals surface area contributed by atoms with E-state index < -0.39 is 0 Å². The molecule has 0 aliphatic rings. The van der Waals surface area contributed by atoms with E-state index >= 15 is 0 Å². The number of hydrogen-bond acceptors (Lipinski definition) is 3. The van der Waals surface area contributed by atoms with Gasteiger partial charge in [0.2, 0.25) is 0 Å². The monoisotopic (exact) mass is 288 g/mol. The molecule has 21 heavy (non-hydrogen) atoms. The molecule has 0 saturated carbocycles. The Morgan fingerprint density at radius 2 is 2.00 bits per heavy atom. The van der Waals surface area contributed by atoms with Crippen molar-refractivity contribution in [1.29, 1.82) is 0 Å². The molecule has 1 heterocycles. The Bertz CT molecular complexity index is 589. The number of carbonyl (C=O) groups excluding carboxylic acids is 1. The molecule has 0 bridgehead atoms. The molecule has 4 heteroatoms. The number of para-hydroxylation sites is 2. The van der Waals surface area contributed by atoms with Crippen LogP contribution in [0.5, 0.6) is 0 Å². The van der Waals surface area contributed by atoms with E-state index in [1.807, 2.05) is 13.0 Å². The van der Waals surface area contributed by atoms with Crippen LogP contribution in [-0.2, 0) is 22.5 Å². The third kappa shape index (κ3) is 4.06. The Balaban J connectivity index is 1.87. The minimum Gasteiger partial charge on any atom is -0.466 e. The Kier molecular flexibility index (Phi) is 5.78. The van der Waals surface area contributed by atoms with Crippen LogP contribution >= 0.6 is 0 Å². The Morgan fingerprint density at radius 1 is 1.19 bits per heavy atom. The van der Waals surface area contributed by atoms with Gasteiger partial charge in [0, 0.05) is 19.4 Å². The second-order valence-corrected chi connectivity index (χ2v) is 5.14. The highest BCUT2D eigenvalue weighted by atomic mass is 16.5. The van der Waals surface area contributed by atoms with Gasteiger partial charge in [-0.1, -0.05) is 25.5 Å². The largest absolute Gasteiger partial charge is 0.466 e. The topological polar surface area (TPSA) is 44.1 Å². The van der Waals surface area contributed by atoms with Crippen molar-refractivity contribution in [3.8, 4) is 0 Å². The SMILES string of the molecule is CCOC(=O)CCCCCn1c(CC)nc2ccccc21. The number of aryl methyl sites for hydroxylation is 2.